The second-order valence-electron chi connectivity index (χ2n) is 7.45. The Kier molecular flexibility index (Phi) is 7.25. The van der Waals surface area contributed by atoms with Crippen molar-refractivity contribution in [2.75, 3.05) is 13.7 Å². The largest absolute Gasteiger partial charge is 0.507 e. The van der Waals surface area contributed by atoms with Gasteiger partial charge in [0, 0.05) is 24.1 Å². The van der Waals surface area contributed by atoms with Crippen molar-refractivity contribution in [1.29, 1.82) is 0 Å². The Bertz CT molecular complexity index is 1050. The zero-order chi connectivity index (χ0) is 23.3. The molecule has 2 N–H and O–H groups in total. The Labute approximate surface area is 184 Å². The topological polar surface area (TPSA) is 104 Å². The predicted octanol–water partition coefficient (Wildman–Crippen LogP) is 3.90. The summed E-state index contributed by atoms with van der Waals surface area (Å²) in [5.41, 5.74) is 0.644. The van der Waals surface area contributed by atoms with Crippen molar-refractivity contribution in [2.24, 2.45) is 0 Å². The van der Waals surface area contributed by atoms with Gasteiger partial charge in [-0.05, 0) is 43.2 Å². The van der Waals surface area contributed by atoms with Crippen molar-refractivity contribution in [1.82, 2.24) is 4.90 Å². The fourth-order valence-corrected chi connectivity index (χ4v) is 3.82. The molecule has 2 aromatic rings. The van der Waals surface area contributed by atoms with E-state index in [1.807, 2.05) is 0 Å². The second-order valence-corrected chi connectivity index (χ2v) is 7.45. The fraction of sp³-hybridized carbons (Fsp3) is 0.292. The number of methoxy groups -OCH3 is 1. The molecule has 0 aromatic heterocycles. The van der Waals surface area contributed by atoms with Gasteiger partial charge in [0.05, 0.1) is 18.7 Å². The minimum absolute atomic E-state index is 0.0271. The summed E-state index contributed by atoms with van der Waals surface area (Å²) in [6, 6.07) is 11.0. The van der Waals surface area contributed by atoms with E-state index in [0.717, 1.165) is 12.1 Å². The SMILES string of the molecule is COc1ccccc1[C@@H]1C(=C(O)c2ccc(F)cc2)C(=O)C(=O)N1CCCCCC(=O)O. The molecule has 1 heterocycles. The van der Waals surface area contributed by atoms with Gasteiger partial charge in [-0.15, -0.1) is 0 Å². The molecular weight excluding hydrogens is 417 g/mol. The molecule has 3 rings (SSSR count). The summed E-state index contributed by atoms with van der Waals surface area (Å²) in [6.07, 6.45) is 1.53. The first-order valence-corrected chi connectivity index (χ1v) is 10.2. The molecule has 2 aromatic carbocycles. The smallest absolute Gasteiger partial charge is 0.303 e. The number of aliphatic carboxylic acids is 1. The van der Waals surface area contributed by atoms with E-state index in [1.165, 1.54) is 24.1 Å². The van der Waals surface area contributed by atoms with Crippen LogP contribution in [0.2, 0.25) is 0 Å². The maximum Gasteiger partial charge on any atom is 0.303 e. The molecule has 0 aliphatic carbocycles. The van der Waals surface area contributed by atoms with Crippen molar-refractivity contribution >= 4 is 23.4 Å². The molecule has 1 aliphatic rings. The number of likely N-dealkylation sites (tertiary alicyclic amines) is 1. The molecule has 0 unspecified atom stereocenters. The minimum atomic E-state index is -0.893. The number of para-hydroxylation sites is 1. The fourth-order valence-electron chi connectivity index (χ4n) is 3.82. The third-order valence-electron chi connectivity index (χ3n) is 5.38. The van der Waals surface area contributed by atoms with Gasteiger partial charge in [-0.1, -0.05) is 24.6 Å². The standard InChI is InChI=1S/C24H24FNO6/c1-32-18-8-5-4-7-17(18)21-20(22(29)15-10-12-16(25)13-11-15)23(30)24(31)26(21)14-6-2-3-9-19(27)28/h4-5,7-8,10-13,21,29H,2-3,6,9,14H2,1H3,(H,27,28)/t21-/m1/s1. The van der Waals surface area contributed by atoms with Crippen molar-refractivity contribution < 1.29 is 33.7 Å². The summed E-state index contributed by atoms with van der Waals surface area (Å²) in [6.45, 7) is 0.201. The number of carboxylic acid groups (broad SMARTS) is 1. The van der Waals surface area contributed by atoms with Gasteiger partial charge in [-0.25, -0.2) is 4.39 Å². The highest BCUT2D eigenvalue weighted by Gasteiger charge is 2.46. The summed E-state index contributed by atoms with van der Waals surface area (Å²) in [5, 5.41) is 19.7. The Morgan fingerprint density at radius 1 is 1.03 bits per heavy atom. The van der Waals surface area contributed by atoms with Crippen LogP contribution in [-0.4, -0.2) is 46.4 Å². The summed E-state index contributed by atoms with van der Waals surface area (Å²) in [5.74, 6) is -2.94. The zero-order valence-corrected chi connectivity index (χ0v) is 17.6. The highest BCUT2D eigenvalue weighted by molar-refractivity contribution is 6.46. The first-order chi connectivity index (χ1) is 15.3. The molecular formula is C24H24FNO6. The van der Waals surface area contributed by atoms with Crippen LogP contribution in [0.15, 0.2) is 54.1 Å². The normalized spacial score (nSPS) is 17.6. The molecule has 32 heavy (non-hydrogen) atoms. The monoisotopic (exact) mass is 441 g/mol. The van der Waals surface area contributed by atoms with Crippen LogP contribution in [0.5, 0.6) is 5.75 Å². The number of hydrogen-bond donors (Lipinski definition) is 2. The number of amides is 1. The zero-order valence-electron chi connectivity index (χ0n) is 17.6. The van der Waals surface area contributed by atoms with Crippen molar-refractivity contribution in [3.8, 4) is 5.75 Å². The maximum atomic E-state index is 13.3. The van der Waals surface area contributed by atoms with E-state index < -0.39 is 35.3 Å². The number of halogens is 1. The van der Waals surface area contributed by atoms with Gasteiger partial charge in [0.25, 0.3) is 11.7 Å². The quantitative estimate of drug-likeness (QED) is 0.265. The Morgan fingerprint density at radius 2 is 1.72 bits per heavy atom. The van der Waals surface area contributed by atoms with E-state index in [0.29, 0.717) is 30.6 Å². The molecule has 7 nitrogen and oxygen atoms in total. The van der Waals surface area contributed by atoms with Crippen LogP contribution in [0.4, 0.5) is 4.39 Å². The van der Waals surface area contributed by atoms with E-state index >= 15 is 0 Å². The molecule has 1 atom stereocenters. The van der Waals surface area contributed by atoms with Gasteiger partial charge in [-0.2, -0.15) is 0 Å². The van der Waals surface area contributed by atoms with Crippen LogP contribution >= 0.6 is 0 Å². The molecule has 1 amide bonds. The number of benzene rings is 2. The number of carboxylic acids is 1. The van der Waals surface area contributed by atoms with Crippen LogP contribution in [0, 0.1) is 5.82 Å². The van der Waals surface area contributed by atoms with Gasteiger partial charge in [0.2, 0.25) is 0 Å². The molecule has 1 aliphatic heterocycles. The van der Waals surface area contributed by atoms with Crippen LogP contribution in [0.25, 0.3) is 5.76 Å². The van der Waals surface area contributed by atoms with Crippen molar-refractivity contribution in [3.63, 3.8) is 0 Å². The lowest BCUT2D eigenvalue weighted by atomic mass is 9.94. The molecule has 8 heteroatoms. The van der Waals surface area contributed by atoms with E-state index in [9.17, 15) is 23.9 Å². The third-order valence-corrected chi connectivity index (χ3v) is 5.38. The van der Waals surface area contributed by atoms with Gasteiger partial charge < -0.3 is 19.8 Å². The lowest BCUT2D eigenvalue weighted by molar-refractivity contribution is -0.140. The summed E-state index contributed by atoms with van der Waals surface area (Å²) < 4.78 is 18.8. The molecule has 168 valence electrons. The number of carbonyl (C=O) groups excluding carboxylic acids is 2. The Balaban J connectivity index is 2.02. The number of nitrogens with zero attached hydrogens (tertiary/aromatic N) is 1. The molecule has 1 fully saturated rings. The highest BCUT2D eigenvalue weighted by Crippen LogP contribution is 2.42. The molecule has 0 saturated carbocycles. The molecule has 1 saturated heterocycles. The predicted molar refractivity (Wildman–Crippen MR) is 115 cm³/mol. The van der Waals surface area contributed by atoms with Gasteiger partial charge in [0.1, 0.15) is 17.3 Å². The Morgan fingerprint density at radius 3 is 2.38 bits per heavy atom. The molecule has 0 spiro atoms. The number of carbonyl (C=O) groups is 3. The van der Waals surface area contributed by atoms with Crippen molar-refractivity contribution in [3.05, 3.63) is 71.0 Å². The van der Waals surface area contributed by atoms with E-state index in [2.05, 4.69) is 0 Å². The average molecular weight is 441 g/mol. The maximum absolute atomic E-state index is 13.3. The van der Waals surface area contributed by atoms with Crippen molar-refractivity contribution in [2.45, 2.75) is 31.7 Å². The lowest BCUT2D eigenvalue weighted by Gasteiger charge is -2.26. The number of ketones is 1. The number of aliphatic hydroxyl groups is 1. The van der Waals surface area contributed by atoms with Crippen LogP contribution in [0.3, 0.4) is 0 Å². The lowest BCUT2D eigenvalue weighted by Crippen LogP contribution is -2.31. The van der Waals surface area contributed by atoms with Crippen LogP contribution in [-0.2, 0) is 14.4 Å². The third kappa shape index (κ3) is 4.80. The second kappa shape index (κ2) is 10.1. The number of ether oxygens (including phenoxy) is 1. The van der Waals surface area contributed by atoms with Gasteiger partial charge >= 0.3 is 5.97 Å². The number of rotatable bonds is 9. The first-order valence-electron chi connectivity index (χ1n) is 10.2. The average Bonchev–Trinajstić information content (AvgIpc) is 3.03. The van der Waals surface area contributed by atoms with E-state index in [4.69, 9.17) is 9.84 Å². The summed E-state index contributed by atoms with van der Waals surface area (Å²) >= 11 is 0. The number of unbranched alkanes of at least 4 members (excludes halogenated alkanes) is 2. The molecule has 0 bridgehead atoms. The van der Waals surface area contributed by atoms with E-state index in [1.54, 1.807) is 24.3 Å². The van der Waals surface area contributed by atoms with Crippen LogP contribution < -0.4 is 4.74 Å². The summed E-state index contributed by atoms with van der Waals surface area (Å²) in [7, 11) is 1.47. The van der Waals surface area contributed by atoms with E-state index in [-0.39, 0.29) is 24.1 Å². The number of hydrogen-bond acceptors (Lipinski definition) is 5. The van der Waals surface area contributed by atoms with Gasteiger partial charge in [-0.3, -0.25) is 14.4 Å². The molecule has 0 radical (unpaired) electrons. The number of Topliss-reactive ketones (excluding diaryl/α,β-unsaturated/α-hetero) is 1. The minimum Gasteiger partial charge on any atom is -0.507 e. The highest BCUT2D eigenvalue weighted by atomic mass is 19.1. The van der Waals surface area contributed by atoms with Crippen LogP contribution in [0.1, 0.15) is 42.9 Å². The Hall–Kier alpha value is -3.68. The first kappa shape index (κ1) is 23.0. The summed E-state index contributed by atoms with van der Waals surface area (Å²) in [4.78, 5) is 37.9. The van der Waals surface area contributed by atoms with Gasteiger partial charge in [0.15, 0.2) is 0 Å². The number of aliphatic hydroxyl groups excluding tert-OH is 1.